The van der Waals surface area contributed by atoms with Gasteiger partial charge in [-0.2, -0.15) is 9.71 Å². The number of hydrogen-bond donors (Lipinski definition) is 1. The molecule has 180 valence electrons. The fourth-order valence-corrected chi connectivity index (χ4v) is 4.48. The summed E-state index contributed by atoms with van der Waals surface area (Å²) in [6.07, 6.45) is 0. The van der Waals surface area contributed by atoms with Crippen LogP contribution < -0.4 is 14.2 Å². The Labute approximate surface area is 195 Å². The van der Waals surface area contributed by atoms with Gasteiger partial charge in [0, 0.05) is 11.6 Å². The maximum absolute atomic E-state index is 13.1. The standard InChI is InChI=1S/C22H22FN3O7S/c1-13(2)20(26-34(28,29)16-7-8-17-18(11-16)31-10-9-30-17)22(27)32-12-19-24-21(33-25-19)14-3-5-15(23)6-4-14/h3-8,11,13,20,26H,9-10,12H2,1-2H3/t20-/m0/s1. The van der Waals surface area contributed by atoms with Gasteiger partial charge >= 0.3 is 5.97 Å². The maximum Gasteiger partial charge on any atom is 0.324 e. The van der Waals surface area contributed by atoms with Crippen molar-refractivity contribution >= 4 is 16.0 Å². The van der Waals surface area contributed by atoms with Crippen LogP contribution in [0, 0.1) is 11.7 Å². The van der Waals surface area contributed by atoms with Gasteiger partial charge < -0.3 is 18.7 Å². The average molecular weight is 491 g/mol. The molecule has 4 rings (SSSR count). The molecular formula is C22H22FN3O7S. The number of rotatable bonds is 8. The molecule has 0 bridgehead atoms. The van der Waals surface area contributed by atoms with E-state index in [4.69, 9.17) is 18.7 Å². The quantitative estimate of drug-likeness (QED) is 0.473. The van der Waals surface area contributed by atoms with E-state index in [2.05, 4.69) is 14.9 Å². The van der Waals surface area contributed by atoms with Crippen molar-refractivity contribution < 1.29 is 36.3 Å². The largest absolute Gasteiger partial charge is 0.486 e. The first-order chi connectivity index (χ1) is 16.2. The summed E-state index contributed by atoms with van der Waals surface area (Å²) in [7, 11) is -4.07. The van der Waals surface area contributed by atoms with Gasteiger partial charge in [0.05, 0.1) is 4.90 Å². The van der Waals surface area contributed by atoms with Gasteiger partial charge in [-0.25, -0.2) is 12.8 Å². The van der Waals surface area contributed by atoms with E-state index in [9.17, 15) is 17.6 Å². The van der Waals surface area contributed by atoms with E-state index in [0.717, 1.165) is 0 Å². The van der Waals surface area contributed by atoms with E-state index in [1.807, 2.05) is 0 Å². The van der Waals surface area contributed by atoms with Crippen LogP contribution in [0.25, 0.3) is 11.5 Å². The Morgan fingerprint density at radius 3 is 2.53 bits per heavy atom. The minimum absolute atomic E-state index is 0.0719. The number of aromatic nitrogens is 2. The molecule has 0 spiro atoms. The number of fused-ring (bicyclic) bond motifs is 1. The topological polar surface area (TPSA) is 130 Å². The molecule has 0 amide bonds. The van der Waals surface area contributed by atoms with Gasteiger partial charge in [0.2, 0.25) is 15.8 Å². The Hall–Kier alpha value is -3.51. The fraction of sp³-hybridized carbons (Fsp3) is 0.318. The van der Waals surface area contributed by atoms with E-state index in [-0.39, 0.29) is 23.2 Å². The molecule has 1 aliphatic heterocycles. The van der Waals surface area contributed by atoms with Crippen LogP contribution in [-0.4, -0.2) is 43.8 Å². The molecule has 10 nitrogen and oxygen atoms in total. The first-order valence-electron chi connectivity index (χ1n) is 10.4. The highest BCUT2D eigenvalue weighted by atomic mass is 32.2. The molecule has 2 aromatic carbocycles. The van der Waals surface area contributed by atoms with Crippen molar-refractivity contribution in [3.63, 3.8) is 0 Å². The summed E-state index contributed by atoms with van der Waals surface area (Å²) in [5.74, 6) is -0.660. The molecule has 12 heteroatoms. The highest BCUT2D eigenvalue weighted by molar-refractivity contribution is 7.89. The summed E-state index contributed by atoms with van der Waals surface area (Å²) in [4.78, 5) is 16.7. The minimum Gasteiger partial charge on any atom is -0.486 e. The highest BCUT2D eigenvalue weighted by Gasteiger charge is 2.31. The van der Waals surface area contributed by atoms with Crippen molar-refractivity contribution in [2.24, 2.45) is 5.92 Å². The number of nitrogens with one attached hydrogen (secondary N) is 1. The van der Waals surface area contributed by atoms with Gasteiger partial charge in [-0.3, -0.25) is 4.79 Å². The number of carbonyl (C=O) groups excluding carboxylic acids is 1. The van der Waals surface area contributed by atoms with Crippen LogP contribution in [0.1, 0.15) is 19.7 Å². The van der Waals surface area contributed by atoms with Crippen LogP contribution in [0.15, 0.2) is 51.9 Å². The lowest BCUT2D eigenvalue weighted by molar-refractivity contribution is -0.148. The van der Waals surface area contributed by atoms with Gasteiger partial charge in [-0.1, -0.05) is 19.0 Å². The number of hydrogen-bond acceptors (Lipinski definition) is 9. The smallest absolute Gasteiger partial charge is 0.324 e. The molecule has 1 atom stereocenters. The predicted octanol–water partition coefficient (Wildman–Crippen LogP) is 2.69. The second kappa shape index (κ2) is 9.77. The summed E-state index contributed by atoms with van der Waals surface area (Å²) in [5, 5.41) is 3.73. The van der Waals surface area contributed by atoms with E-state index >= 15 is 0 Å². The van der Waals surface area contributed by atoms with Gasteiger partial charge in [0.1, 0.15) is 25.1 Å². The fourth-order valence-electron chi connectivity index (χ4n) is 3.13. The molecule has 0 unspecified atom stereocenters. The Kier molecular flexibility index (Phi) is 6.80. The first-order valence-corrected chi connectivity index (χ1v) is 11.9. The van der Waals surface area contributed by atoms with Crippen LogP contribution in [0.3, 0.4) is 0 Å². The normalized spacial score (nSPS) is 14.1. The molecule has 0 radical (unpaired) electrons. The third-order valence-corrected chi connectivity index (χ3v) is 6.37. The number of nitrogens with zero attached hydrogens (tertiary/aromatic N) is 2. The summed E-state index contributed by atoms with van der Waals surface area (Å²) in [5.41, 5.74) is 0.499. The maximum atomic E-state index is 13.1. The monoisotopic (exact) mass is 491 g/mol. The lowest BCUT2D eigenvalue weighted by atomic mass is 10.1. The molecule has 0 aliphatic carbocycles. The van der Waals surface area contributed by atoms with Gasteiger partial charge in [-0.05, 0) is 42.3 Å². The molecule has 34 heavy (non-hydrogen) atoms. The zero-order chi connectivity index (χ0) is 24.3. The highest BCUT2D eigenvalue weighted by Crippen LogP contribution is 2.32. The van der Waals surface area contributed by atoms with E-state index in [1.165, 1.54) is 42.5 Å². The molecule has 1 aromatic heterocycles. The van der Waals surface area contributed by atoms with Crippen molar-refractivity contribution in [1.82, 2.24) is 14.9 Å². The van der Waals surface area contributed by atoms with Crippen LogP contribution in [0.5, 0.6) is 11.5 Å². The van der Waals surface area contributed by atoms with Crippen LogP contribution >= 0.6 is 0 Å². The van der Waals surface area contributed by atoms with Gasteiger partial charge in [0.25, 0.3) is 5.89 Å². The van der Waals surface area contributed by atoms with Crippen molar-refractivity contribution in [3.05, 3.63) is 54.1 Å². The lowest BCUT2D eigenvalue weighted by Gasteiger charge is -2.22. The summed E-state index contributed by atoms with van der Waals surface area (Å²) < 4.78 is 62.5. The first kappa shape index (κ1) is 23.6. The van der Waals surface area contributed by atoms with Gasteiger partial charge in [0.15, 0.2) is 18.1 Å². The number of benzene rings is 2. The second-order valence-electron chi connectivity index (χ2n) is 7.78. The summed E-state index contributed by atoms with van der Waals surface area (Å²) in [6, 6.07) is 8.49. The number of ether oxygens (including phenoxy) is 3. The molecule has 1 aliphatic rings. The molecular weight excluding hydrogens is 469 g/mol. The number of sulfonamides is 1. The van der Waals surface area contributed by atoms with E-state index in [0.29, 0.717) is 30.3 Å². The molecule has 3 aromatic rings. The zero-order valence-electron chi connectivity index (χ0n) is 18.4. The van der Waals surface area contributed by atoms with E-state index in [1.54, 1.807) is 13.8 Å². The molecule has 0 saturated carbocycles. The SMILES string of the molecule is CC(C)[C@H](NS(=O)(=O)c1ccc2c(c1)OCCO2)C(=O)OCc1noc(-c2ccc(F)cc2)n1. The summed E-state index contributed by atoms with van der Waals surface area (Å²) >= 11 is 0. The second-order valence-corrected chi connectivity index (χ2v) is 9.49. The van der Waals surface area contributed by atoms with Crippen molar-refractivity contribution in [2.75, 3.05) is 13.2 Å². The Balaban J connectivity index is 1.42. The number of esters is 1. The molecule has 1 N–H and O–H groups in total. The lowest BCUT2D eigenvalue weighted by Crippen LogP contribution is -2.45. The zero-order valence-corrected chi connectivity index (χ0v) is 19.2. The minimum atomic E-state index is -4.07. The average Bonchev–Trinajstić information content (AvgIpc) is 3.30. The molecule has 0 saturated heterocycles. The van der Waals surface area contributed by atoms with Crippen molar-refractivity contribution in [2.45, 2.75) is 31.4 Å². The van der Waals surface area contributed by atoms with Crippen molar-refractivity contribution in [3.8, 4) is 23.0 Å². The Morgan fingerprint density at radius 2 is 1.82 bits per heavy atom. The van der Waals surface area contributed by atoms with Crippen LogP contribution in [-0.2, 0) is 26.2 Å². The van der Waals surface area contributed by atoms with Gasteiger partial charge in [-0.15, -0.1) is 0 Å². The molecule has 2 heterocycles. The van der Waals surface area contributed by atoms with E-state index < -0.39 is 33.8 Å². The number of halogens is 1. The third-order valence-electron chi connectivity index (χ3n) is 4.93. The molecule has 0 fully saturated rings. The Morgan fingerprint density at radius 1 is 1.12 bits per heavy atom. The Bertz CT molecular complexity index is 1280. The predicted molar refractivity (Wildman–Crippen MR) is 116 cm³/mol. The third kappa shape index (κ3) is 5.34. The summed E-state index contributed by atoms with van der Waals surface area (Å²) in [6.45, 7) is 3.71. The van der Waals surface area contributed by atoms with Crippen LogP contribution in [0.2, 0.25) is 0 Å². The van der Waals surface area contributed by atoms with Crippen molar-refractivity contribution in [1.29, 1.82) is 0 Å². The number of carbonyl (C=O) groups is 1. The van der Waals surface area contributed by atoms with Crippen LogP contribution in [0.4, 0.5) is 4.39 Å².